The minimum atomic E-state index is 0.979. The van der Waals surface area contributed by atoms with Crippen LogP contribution in [0.25, 0.3) is 0 Å². The molecule has 0 unspecified atom stereocenters. The van der Waals surface area contributed by atoms with Gasteiger partial charge in [0, 0.05) is 0 Å². The van der Waals surface area contributed by atoms with Crippen molar-refractivity contribution in [1.82, 2.24) is 0 Å². The maximum atomic E-state index is 2.36. The Bertz CT molecular complexity index is 164. The summed E-state index contributed by atoms with van der Waals surface area (Å²) in [6.07, 6.45) is 3.07. The zero-order chi connectivity index (χ0) is 5.30. The molecule has 0 saturated heterocycles. The van der Waals surface area contributed by atoms with E-state index >= 15 is 0 Å². The molecule has 0 aliphatic heterocycles. The summed E-state index contributed by atoms with van der Waals surface area (Å²) in [6, 6.07) is 0. The van der Waals surface area contributed by atoms with Gasteiger partial charge in [-0.05, 0) is 30.6 Å². The van der Waals surface area contributed by atoms with Crippen LogP contribution in [-0.2, 0) is 0 Å². The molecule has 0 atom stereocenters. The van der Waals surface area contributed by atoms with Crippen molar-refractivity contribution in [2.75, 3.05) is 0 Å². The molecule has 0 spiro atoms. The van der Waals surface area contributed by atoms with E-state index < -0.39 is 0 Å². The summed E-state index contributed by atoms with van der Waals surface area (Å²) in [4.78, 5) is 0. The minimum Gasteiger partial charge on any atom is -0.0601 e. The lowest BCUT2D eigenvalue weighted by molar-refractivity contribution is 0.277. The van der Waals surface area contributed by atoms with Crippen molar-refractivity contribution in [3.63, 3.8) is 0 Å². The smallest absolute Gasteiger partial charge is 0.000986 e. The van der Waals surface area contributed by atoms with Gasteiger partial charge >= 0.3 is 0 Å². The van der Waals surface area contributed by atoms with Crippen LogP contribution < -0.4 is 0 Å². The molecule has 0 aromatic rings. The zero-order valence-corrected chi connectivity index (χ0v) is 5.15. The van der Waals surface area contributed by atoms with E-state index in [4.69, 9.17) is 0 Å². The van der Waals surface area contributed by atoms with E-state index in [2.05, 4.69) is 6.92 Å². The van der Waals surface area contributed by atoms with Crippen molar-refractivity contribution in [1.29, 1.82) is 0 Å². The van der Waals surface area contributed by atoms with Crippen LogP contribution in [0.3, 0.4) is 0 Å². The molecule has 0 amide bonds. The molecule has 0 aromatic carbocycles. The van der Waals surface area contributed by atoms with Gasteiger partial charge in [0.1, 0.15) is 0 Å². The highest BCUT2D eigenvalue weighted by molar-refractivity contribution is 5.52. The molecular weight excluding hydrogens is 96.1 g/mol. The van der Waals surface area contributed by atoms with Gasteiger partial charge in [0.25, 0.3) is 0 Å². The van der Waals surface area contributed by atoms with Crippen LogP contribution in [0, 0.1) is 17.8 Å². The topological polar surface area (TPSA) is 0 Å². The van der Waals surface area contributed by atoms with Gasteiger partial charge in [-0.25, -0.2) is 0 Å². The van der Waals surface area contributed by atoms with E-state index in [0.717, 1.165) is 17.8 Å². The summed E-state index contributed by atoms with van der Waals surface area (Å²) in [5.41, 5.74) is 3.74. The predicted octanol–water partition coefficient (Wildman–Crippen LogP) is 1.97. The number of hydrogen-bond donors (Lipinski definition) is 0. The van der Waals surface area contributed by atoms with Crippen LogP contribution >= 0.6 is 0 Å². The number of hydrogen-bond acceptors (Lipinski definition) is 0. The molecule has 0 heterocycles. The molecule has 42 valence electrons. The summed E-state index contributed by atoms with van der Waals surface area (Å²) in [6.45, 7) is 2.36. The Morgan fingerprint density at radius 1 is 1.12 bits per heavy atom. The third-order valence-corrected chi connectivity index (χ3v) is 3.20. The molecule has 0 aromatic heterocycles. The van der Waals surface area contributed by atoms with E-state index in [1.54, 1.807) is 0 Å². The average molecular weight is 106 g/mol. The lowest BCUT2D eigenvalue weighted by atomic mass is 9.73. The van der Waals surface area contributed by atoms with Crippen molar-refractivity contribution < 1.29 is 0 Å². The molecule has 8 heavy (non-hydrogen) atoms. The molecule has 0 radical (unpaired) electrons. The van der Waals surface area contributed by atoms with E-state index in [9.17, 15) is 0 Å². The highest BCUT2D eigenvalue weighted by atomic mass is 14.6. The molecule has 0 N–H and O–H groups in total. The van der Waals surface area contributed by atoms with Crippen molar-refractivity contribution in [2.45, 2.75) is 19.8 Å². The van der Waals surface area contributed by atoms with Gasteiger partial charge in [-0.1, -0.05) is 18.1 Å². The number of rotatable bonds is 0. The first-order valence-electron chi connectivity index (χ1n) is 3.62. The first-order chi connectivity index (χ1) is 3.88. The fourth-order valence-electron chi connectivity index (χ4n) is 2.69. The molecule has 4 aliphatic carbocycles. The van der Waals surface area contributed by atoms with Crippen LogP contribution in [0.2, 0.25) is 0 Å². The van der Waals surface area contributed by atoms with E-state index in [1.807, 2.05) is 11.1 Å². The average Bonchev–Trinajstić information content (AvgIpc) is 2.20. The highest BCUT2D eigenvalue weighted by Gasteiger charge is 2.55. The van der Waals surface area contributed by atoms with E-state index in [-0.39, 0.29) is 0 Å². The summed E-state index contributed by atoms with van der Waals surface area (Å²) in [7, 11) is 0. The third-order valence-electron chi connectivity index (χ3n) is 3.20. The van der Waals surface area contributed by atoms with Crippen molar-refractivity contribution in [3.8, 4) is 0 Å². The standard InChI is InChI=1S/C8H10/c1-4-7-5-2-6(3-5)8(4)7/h4-6H,2-3H2,1H3. The summed E-state index contributed by atoms with van der Waals surface area (Å²) in [5.74, 6) is 3.16. The predicted molar refractivity (Wildman–Crippen MR) is 32.4 cm³/mol. The maximum Gasteiger partial charge on any atom is -0.000986 e. The molecular formula is C8H10. The maximum absolute atomic E-state index is 2.36. The zero-order valence-electron chi connectivity index (χ0n) is 5.15. The van der Waals surface area contributed by atoms with Crippen LogP contribution in [-0.4, -0.2) is 0 Å². The summed E-state index contributed by atoms with van der Waals surface area (Å²) < 4.78 is 0. The molecule has 1 fully saturated rings. The van der Waals surface area contributed by atoms with E-state index in [1.165, 1.54) is 12.8 Å². The Balaban J connectivity index is 2.08. The fraction of sp³-hybridized carbons (Fsp3) is 0.750. The molecule has 4 aliphatic rings. The van der Waals surface area contributed by atoms with Gasteiger partial charge < -0.3 is 0 Å². The van der Waals surface area contributed by atoms with Gasteiger partial charge in [0.15, 0.2) is 0 Å². The largest absolute Gasteiger partial charge is 0.0601 e. The quantitative estimate of drug-likeness (QED) is 0.414. The second-order valence-electron chi connectivity index (χ2n) is 3.50. The van der Waals surface area contributed by atoms with Gasteiger partial charge in [-0.2, -0.15) is 0 Å². The lowest BCUT2D eigenvalue weighted by Crippen LogP contribution is -2.21. The number of allylic oxidation sites excluding steroid dienone is 2. The third kappa shape index (κ3) is 0.195. The van der Waals surface area contributed by atoms with Crippen LogP contribution in [0.5, 0.6) is 0 Å². The summed E-state index contributed by atoms with van der Waals surface area (Å²) in [5, 5.41) is 0. The first kappa shape index (κ1) is 3.71. The van der Waals surface area contributed by atoms with Crippen LogP contribution in [0.15, 0.2) is 11.1 Å². The van der Waals surface area contributed by atoms with Crippen LogP contribution in [0.4, 0.5) is 0 Å². The van der Waals surface area contributed by atoms with Crippen molar-refractivity contribution >= 4 is 0 Å². The lowest BCUT2D eigenvalue weighted by Gasteiger charge is -2.31. The van der Waals surface area contributed by atoms with Crippen LogP contribution in [0.1, 0.15) is 19.8 Å². The SMILES string of the molecule is CC1C2=C1C1CC2C1. The van der Waals surface area contributed by atoms with E-state index in [0.29, 0.717) is 0 Å². The Hall–Kier alpha value is -0.260. The summed E-state index contributed by atoms with van der Waals surface area (Å²) >= 11 is 0. The first-order valence-corrected chi connectivity index (χ1v) is 3.62. The fourth-order valence-corrected chi connectivity index (χ4v) is 2.69. The monoisotopic (exact) mass is 106 g/mol. The second kappa shape index (κ2) is 0.792. The molecule has 0 nitrogen and oxygen atoms in total. The van der Waals surface area contributed by atoms with Gasteiger partial charge in [0.05, 0.1) is 0 Å². The Morgan fingerprint density at radius 2 is 1.62 bits per heavy atom. The highest BCUT2D eigenvalue weighted by Crippen LogP contribution is 2.67. The van der Waals surface area contributed by atoms with Crippen molar-refractivity contribution in [3.05, 3.63) is 11.1 Å². The molecule has 1 saturated carbocycles. The second-order valence-corrected chi connectivity index (χ2v) is 3.50. The Labute approximate surface area is 49.6 Å². The van der Waals surface area contributed by atoms with Gasteiger partial charge in [-0.15, -0.1) is 0 Å². The van der Waals surface area contributed by atoms with Gasteiger partial charge in [-0.3, -0.25) is 0 Å². The molecule has 4 rings (SSSR count). The Kier molecular flexibility index (Phi) is 0.367. The van der Waals surface area contributed by atoms with Crippen molar-refractivity contribution in [2.24, 2.45) is 17.8 Å². The molecule has 2 bridgehead atoms. The molecule has 0 heteroatoms. The van der Waals surface area contributed by atoms with Gasteiger partial charge in [0.2, 0.25) is 0 Å². The Morgan fingerprint density at radius 3 is 1.88 bits per heavy atom. The minimum absolute atomic E-state index is 0.979. The normalized spacial score (nSPS) is 55.9.